The van der Waals surface area contributed by atoms with E-state index in [4.69, 9.17) is 9.15 Å². The van der Waals surface area contributed by atoms with Crippen molar-refractivity contribution in [2.24, 2.45) is 0 Å². The molecule has 2 aromatic carbocycles. The lowest BCUT2D eigenvalue weighted by Gasteiger charge is -2.04. The van der Waals surface area contributed by atoms with Crippen LogP contribution < -0.4 is 10.5 Å². The van der Waals surface area contributed by atoms with Gasteiger partial charge in [-0.15, -0.1) is 0 Å². The molecule has 0 fully saturated rings. The lowest BCUT2D eigenvalue weighted by molar-refractivity contribution is 0.414. The second-order valence-corrected chi connectivity index (χ2v) is 4.45. The monoisotopic (exact) mass is 271 g/mol. The highest BCUT2D eigenvalue weighted by molar-refractivity contribution is 5.74. The van der Waals surface area contributed by atoms with E-state index in [1.54, 1.807) is 13.2 Å². The zero-order chi connectivity index (χ0) is 14.1. The Kier molecular flexibility index (Phi) is 2.95. The number of aromatic nitrogens is 1. The molecule has 0 unspecified atom stereocenters. The quantitative estimate of drug-likeness (QED) is 0.794. The summed E-state index contributed by atoms with van der Waals surface area (Å²) in [5.41, 5.74) is 2.00. The molecule has 1 aromatic heterocycles. The highest BCUT2D eigenvalue weighted by Crippen LogP contribution is 2.20. The summed E-state index contributed by atoms with van der Waals surface area (Å²) < 4.78 is 11.7. The minimum absolute atomic E-state index is 0.0721. The van der Waals surface area contributed by atoms with Gasteiger partial charge in [-0.25, -0.2) is 4.79 Å². The maximum absolute atomic E-state index is 11.9. The molecule has 0 bridgehead atoms. The molecule has 0 aliphatic heterocycles. The molecule has 1 N–H and O–H groups in total. The first-order valence-electron chi connectivity index (χ1n) is 6.12. The number of hydrogen-bond donors (Lipinski definition) is 1. The zero-order valence-electron chi connectivity index (χ0n) is 10.9. The van der Waals surface area contributed by atoms with E-state index in [1.165, 1.54) is 16.7 Å². The maximum atomic E-state index is 11.9. The summed E-state index contributed by atoms with van der Waals surface area (Å²) in [5.74, 6) is 0.396. The lowest BCUT2D eigenvalue weighted by Crippen LogP contribution is -2.14. The third kappa shape index (κ3) is 2.14. The minimum Gasteiger partial charge on any atom is -0.508 e. The number of aromatic hydroxyl groups is 1. The van der Waals surface area contributed by atoms with Gasteiger partial charge in [0.2, 0.25) is 0 Å². The van der Waals surface area contributed by atoms with Gasteiger partial charge >= 0.3 is 5.76 Å². The molecule has 0 atom stereocenters. The number of nitrogens with zero attached hydrogens (tertiary/aromatic N) is 1. The Morgan fingerprint density at radius 3 is 2.65 bits per heavy atom. The van der Waals surface area contributed by atoms with E-state index < -0.39 is 5.76 Å². The fourth-order valence-corrected chi connectivity index (χ4v) is 2.12. The summed E-state index contributed by atoms with van der Waals surface area (Å²) in [6, 6.07) is 12.1. The number of rotatable bonds is 3. The maximum Gasteiger partial charge on any atom is 0.420 e. The number of phenolic OH excluding ortho intramolecular Hbond substituents is 1. The van der Waals surface area contributed by atoms with Crippen LogP contribution >= 0.6 is 0 Å². The van der Waals surface area contributed by atoms with Crippen LogP contribution in [0.25, 0.3) is 11.1 Å². The summed E-state index contributed by atoms with van der Waals surface area (Å²) in [6.45, 7) is 0.403. The second kappa shape index (κ2) is 4.77. The van der Waals surface area contributed by atoms with E-state index in [0.29, 0.717) is 17.6 Å². The van der Waals surface area contributed by atoms with Crippen molar-refractivity contribution in [3.05, 3.63) is 58.6 Å². The van der Waals surface area contributed by atoms with E-state index in [2.05, 4.69) is 0 Å². The molecule has 0 spiro atoms. The van der Waals surface area contributed by atoms with Crippen molar-refractivity contribution < 1.29 is 14.3 Å². The predicted molar refractivity (Wildman–Crippen MR) is 74.2 cm³/mol. The fourth-order valence-electron chi connectivity index (χ4n) is 2.12. The van der Waals surface area contributed by atoms with E-state index in [1.807, 2.05) is 24.3 Å². The molecule has 5 heteroatoms. The Hall–Kier alpha value is -2.69. The number of methoxy groups -OCH3 is 1. The fraction of sp³-hybridized carbons (Fsp3) is 0.133. The van der Waals surface area contributed by atoms with Crippen molar-refractivity contribution in [2.75, 3.05) is 7.11 Å². The van der Waals surface area contributed by atoms with Crippen LogP contribution in [0.4, 0.5) is 0 Å². The van der Waals surface area contributed by atoms with Crippen molar-refractivity contribution in [1.29, 1.82) is 0 Å². The summed E-state index contributed by atoms with van der Waals surface area (Å²) in [6.07, 6.45) is 0. The molecule has 0 aliphatic carbocycles. The van der Waals surface area contributed by atoms with Crippen LogP contribution in [0.5, 0.6) is 11.5 Å². The first-order valence-corrected chi connectivity index (χ1v) is 6.12. The molecule has 0 radical (unpaired) electrons. The van der Waals surface area contributed by atoms with Crippen LogP contribution in [0.3, 0.4) is 0 Å². The summed E-state index contributed by atoms with van der Waals surface area (Å²) in [4.78, 5) is 11.9. The normalized spacial score (nSPS) is 10.8. The van der Waals surface area contributed by atoms with E-state index >= 15 is 0 Å². The van der Waals surface area contributed by atoms with Gasteiger partial charge in [0.1, 0.15) is 11.5 Å². The van der Waals surface area contributed by atoms with Gasteiger partial charge in [-0.05, 0) is 29.8 Å². The van der Waals surface area contributed by atoms with Crippen LogP contribution in [-0.2, 0) is 6.54 Å². The summed E-state index contributed by atoms with van der Waals surface area (Å²) in [5, 5.41) is 9.39. The zero-order valence-corrected chi connectivity index (χ0v) is 10.9. The van der Waals surface area contributed by atoms with Crippen molar-refractivity contribution in [1.82, 2.24) is 4.57 Å². The van der Waals surface area contributed by atoms with Gasteiger partial charge in [0.25, 0.3) is 0 Å². The Balaban J connectivity index is 2.01. The Morgan fingerprint density at radius 2 is 1.95 bits per heavy atom. The van der Waals surface area contributed by atoms with Gasteiger partial charge in [-0.1, -0.05) is 12.1 Å². The molecule has 0 amide bonds. The van der Waals surface area contributed by atoms with E-state index in [0.717, 1.165) is 11.3 Å². The number of fused-ring (bicyclic) bond motifs is 1. The van der Waals surface area contributed by atoms with Crippen molar-refractivity contribution in [3.8, 4) is 11.5 Å². The van der Waals surface area contributed by atoms with Gasteiger partial charge in [-0.2, -0.15) is 0 Å². The summed E-state index contributed by atoms with van der Waals surface area (Å²) in [7, 11) is 1.61. The SMILES string of the molecule is COc1ccc(Cn2c(=O)oc3cc(O)ccc32)cc1. The topological polar surface area (TPSA) is 64.6 Å². The van der Waals surface area contributed by atoms with Crippen molar-refractivity contribution in [2.45, 2.75) is 6.54 Å². The first kappa shape index (κ1) is 12.3. The van der Waals surface area contributed by atoms with Crippen LogP contribution in [0, 0.1) is 0 Å². The number of phenols is 1. The van der Waals surface area contributed by atoms with E-state index in [-0.39, 0.29) is 5.75 Å². The number of ether oxygens (including phenoxy) is 1. The summed E-state index contributed by atoms with van der Waals surface area (Å²) >= 11 is 0. The van der Waals surface area contributed by atoms with Crippen LogP contribution in [0.2, 0.25) is 0 Å². The van der Waals surface area contributed by atoms with Gasteiger partial charge in [0.05, 0.1) is 19.2 Å². The largest absolute Gasteiger partial charge is 0.508 e. The van der Waals surface area contributed by atoms with Crippen LogP contribution in [0.1, 0.15) is 5.56 Å². The molecular weight excluding hydrogens is 258 g/mol. The third-order valence-electron chi connectivity index (χ3n) is 3.15. The third-order valence-corrected chi connectivity index (χ3v) is 3.15. The molecule has 0 saturated heterocycles. The van der Waals surface area contributed by atoms with Crippen molar-refractivity contribution >= 4 is 11.1 Å². The van der Waals surface area contributed by atoms with Crippen LogP contribution in [0.15, 0.2) is 51.7 Å². The Bertz CT molecular complexity index is 799. The molecule has 102 valence electrons. The van der Waals surface area contributed by atoms with Gasteiger partial charge in [0, 0.05) is 6.07 Å². The smallest absolute Gasteiger partial charge is 0.420 e. The predicted octanol–water partition coefficient (Wildman–Crippen LogP) is 2.36. The molecular formula is C15H13NO4. The van der Waals surface area contributed by atoms with Crippen LogP contribution in [-0.4, -0.2) is 16.8 Å². The molecule has 5 nitrogen and oxygen atoms in total. The van der Waals surface area contributed by atoms with Crippen molar-refractivity contribution in [3.63, 3.8) is 0 Å². The van der Waals surface area contributed by atoms with Gasteiger partial charge in [-0.3, -0.25) is 4.57 Å². The average Bonchev–Trinajstić information content (AvgIpc) is 2.75. The molecule has 20 heavy (non-hydrogen) atoms. The average molecular weight is 271 g/mol. The van der Waals surface area contributed by atoms with Gasteiger partial charge in [0.15, 0.2) is 5.58 Å². The molecule has 1 heterocycles. The minimum atomic E-state index is -0.443. The number of benzene rings is 2. The molecule has 3 rings (SSSR count). The lowest BCUT2D eigenvalue weighted by atomic mass is 10.2. The number of hydrogen-bond acceptors (Lipinski definition) is 4. The Labute approximate surface area is 114 Å². The standard InChI is InChI=1S/C15H13NO4/c1-19-12-5-2-10(3-6-12)9-16-13-7-4-11(17)8-14(13)20-15(16)18/h2-8,17H,9H2,1H3. The Morgan fingerprint density at radius 1 is 1.20 bits per heavy atom. The number of oxazole rings is 1. The second-order valence-electron chi connectivity index (χ2n) is 4.45. The highest BCUT2D eigenvalue weighted by atomic mass is 16.5. The first-order chi connectivity index (χ1) is 9.67. The molecule has 0 saturated carbocycles. The van der Waals surface area contributed by atoms with Gasteiger partial charge < -0.3 is 14.3 Å². The van der Waals surface area contributed by atoms with E-state index in [9.17, 15) is 9.90 Å². The highest BCUT2D eigenvalue weighted by Gasteiger charge is 2.10. The molecule has 3 aromatic rings. The molecule has 0 aliphatic rings.